The minimum Gasteiger partial charge on any atom is -0.480 e. The zero-order valence-corrected chi connectivity index (χ0v) is 9.82. The lowest BCUT2D eigenvalue weighted by atomic mass is 9.99. The highest BCUT2D eigenvalue weighted by molar-refractivity contribution is 5.78. The van der Waals surface area contributed by atoms with Crippen LogP contribution in [0.3, 0.4) is 0 Å². The number of nitrogens with zero attached hydrogens (tertiary/aromatic N) is 1. The second-order valence-electron chi connectivity index (χ2n) is 4.56. The lowest BCUT2D eigenvalue weighted by Crippen LogP contribution is -2.56. The number of ether oxygens (including phenoxy) is 1. The van der Waals surface area contributed by atoms with Gasteiger partial charge in [0.15, 0.2) is 0 Å². The molecule has 1 fully saturated rings. The minimum absolute atomic E-state index is 0.231. The van der Waals surface area contributed by atoms with Crippen LogP contribution in [0.5, 0.6) is 0 Å². The van der Waals surface area contributed by atoms with Crippen LogP contribution in [-0.4, -0.2) is 48.3 Å². The maximum Gasteiger partial charge on any atom is 0.326 e. The van der Waals surface area contributed by atoms with Gasteiger partial charge in [0.2, 0.25) is 0 Å². The molecule has 0 amide bonds. The highest BCUT2D eigenvalue weighted by Gasteiger charge is 2.41. The van der Waals surface area contributed by atoms with E-state index in [1.165, 1.54) is 12.8 Å². The van der Waals surface area contributed by atoms with Crippen LogP contribution in [0.25, 0.3) is 0 Å². The molecule has 0 aromatic carbocycles. The van der Waals surface area contributed by atoms with Gasteiger partial charge in [0.05, 0.1) is 6.61 Å². The van der Waals surface area contributed by atoms with Gasteiger partial charge in [-0.15, -0.1) is 0 Å². The molecule has 1 saturated carbocycles. The fraction of sp³-hybridized carbons (Fsp3) is 0.909. The fourth-order valence-electron chi connectivity index (χ4n) is 2.29. The molecule has 4 heteroatoms. The van der Waals surface area contributed by atoms with E-state index in [2.05, 4.69) is 0 Å². The first kappa shape index (κ1) is 12.5. The van der Waals surface area contributed by atoms with Crippen molar-refractivity contribution in [1.29, 1.82) is 0 Å². The Balaban J connectivity index is 2.73. The molecule has 0 aromatic heterocycles. The average Bonchev–Trinajstić information content (AvgIpc) is 2.69. The first-order valence-electron chi connectivity index (χ1n) is 5.47. The zero-order chi connectivity index (χ0) is 11.5. The zero-order valence-electron chi connectivity index (χ0n) is 9.82. The van der Waals surface area contributed by atoms with Gasteiger partial charge in [-0.1, -0.05) is 12.8 Å². The van der Waals surface area contributed by atoms with Crippen LogP contribution in [0.1, 0.15) is 32.6 Å². The monoisotopic (exact) mass is 215 g/mol. The molecule has 1 aliphatic rings. The van der Waals surface area contributed by atoms with E-state index >= 15 is 0 Å². The van der Waals surface area contributed by atoms with Crippen LogP contribution in [-0.2, 0) is 9.53 Å². The smallest absolute Gasteiger partial charge is 0.326 e. The number of likely N-dealkylation sites (N-methyl/N-ethyl adjacent to an activating group) is 1. The summed E-state index contributed by atoms with van der Waals surface area (Å²) in [4.78, 5) is 13.3. The number of carboxylic acid groups (broad SMARTS) is 1. The molecule has 1 rings (SSSR count). The second kappa shape index (κ2) is 4.94. The summed E-state index contributed by atoms with van der Waals surface area (Å²) in [6.45, 7) is 1.96. The average molecular weight is 215 g/mol. The summed E-state index contributed by atoms with van der Waals surface area (Å²) < 4.78 is 5.03. The molecule has 1 N–H and O–H groups in total. The molecule has 0 bridgehead atoms. The SMILES string of the molecule is COCC(C)(C(=O)O)N(C)C1CCCC1. The van der Waals surface area contributed by atoms with Crippen molar-refractivity contribution in [3.8, 4) is 0 Å². The van der Waals surface area contributed by atoms with Crippen LogP contribution in [0.4, 0.5) is 0 Å². The summed E-state index contributed by atoms with van der Waals surface area (Å²) >= 11 is 0. The number of aliphatic carboxylic acids is 1. The Morgan fingerprint density at radius 3 is 2.47 bits per heavy atom. The summed E-state index contributed by atoms with van der Waals surface area (Å²) in [7, 11) is 3.44. The molecule has 0 saturated heterocycles. The van der Waals surface area contributed by atoms with Crippen molar-refractivity contribution in [3.63, 3.8) is 0 Å². The lowest BCUT2D eigenvalue weighted by Gasteiger charge is -2.38. The van der Waals surface area contributed by atoms with Crippen molar-refractivity contribution in [1.82, 2.24) is 4.90 Å². The van der Waals surface area contributed by atoms with Crippen molar-refractivity contribution in [3.05, 3.63) is 0 Å². The summed E-state index contributed by atoms with van der Waals surface area (Å²) in [5.41, 5.74) is -0.899. The summed E-state index contributed by atoms with van der Waals surface area (Å²) in [5, 5.41) is 9.27. The van der Waals surface area contributed by atoms with Gasteiger partial charge in [0.1, 0.15) is 5.54 Å². The molecule has 15 heavy (non-hydrogen) atoms. The van der Waals surface area contributed by atoms with Gasteiger partial charge in [0, 0.05) is 13.2 Å². The molecular weight excluding hydrogens is 194 g/mol. The van der Waals surface area contributed by atoms with Gasteiger partial charge in [-0.25, -0.2) is 0 Å². The van der Waals surface area contributed by atoms with Crippen molar-refractivity contribution in [2.24, 2.45) is 0 Å². The Morgan fingerprint density at radius 1 is 1.53 bits per heavy atom. The predicted octanol–water partition coefficient (Wildman–Crippen LogP) is 1.35. The first-order valence-corrected chi connectivity index (χ1v) is 5.47. The van der Waals surface area contributed by atoms with Crippen molar-refractivity contribution < 1.29 is 14.6 Å². The third-order valence-corrected chi connectivity index (χ3v) is 3.54. The quantitative estimate of drug-likeness (QED) is 0.752. The van der Waals surface area contributed by atoms with E-state index in [-0.39, 0.29) is 6.61 Å². The van der Waals surface area contributed by atoms with Gasteiger partial charge in [-0.3, -0.25) is 9.69 Å². The van der Waals surface area contributed by atoms with E-state index in [1.54, 1.807) is 14.0 Å². The highest BCUT2D eigenvalue weighted by atomic mass is 16.5. The van der Waals surface area contributed by atoms with E-state index in [9.17, 15) is 9.90 Å². The van der Waals surface area contributed by atoms with E-state index in [0.717, 1.165) is 12.8 Å². The molecule has 0 aromatic rings. The second-order valence-corrected chi connectivity index (χ2v) is 4.56. The maximum atomic E-state index is 11.3. The Kier molecular flexibility index (Phi) is 4.11. The van der Waals surface area contributed by atoms with Gasteiger partial charge in [-0.05, 0) is 26.8 Å². The van der Waals surface area contributed by atoms with Crippen LogP contribution in [0, 0.1) is 0 Å². The van der Waals surface area contributed by atoms with Gasteiger partial charge in [0.25, 0.3) is 0 Å². The molecule has 0 radical (unpaired) electrons. The number of carboxylic acids is 1. The molecule has 1 aliphatic carbocycles. The Morgan fingerprint density at radius 2 is 2.07 bits per heavy atom. The third kappa shape index (κ3) is 2.49. The third-order valence-electron chi connectivity index (χ3n) is 3.54. The minimum atomic E-state index is -0.899. The van der Waals surface area contributed by atoms with Crippen molar-refractivity contribution >= 4 is 5.97 Å². The van der Waals surface area contributed by atoms with E-state index in [4.69, 9.17) is 4.74 Å². The first-order chi connectivity index (χ1) is 7.02. The summed E-state index contributed by atoms with van der Waals surface area (Å²) in [5.74, 6) is -0.807. The van der Waals surface area contributed by atoms with Crippen LogP contribution < -0.4 is 0 Å². The number of methoxy groups -OCH3 is 1. The molecule has 0 aliphatic heterocycles. The molecule has 1 unspecified atom stereocenters. The molecule has 88 valence electrons. The van der Waals surface area contributed by atoms with Gasteiger partial charge < -0.3 is 9.84 Å². The van der Waals surface area contributed by atoms with Crippen LogP contribution in [0.2, 0.25) is 0 Å². The number of carbonyl (C=O) groups is 1. The predicted molar refractivity (Wildman–Crippen MR) is 57.9 cm³/mol. The normalized spacial score (nSPS) is 21.9. The topological polar surface area (TPSA) is 49.8 Å². The fourth-order valence-corrected chi connectivity index (χ4v) is 2.29. The molecule has 4 nitrogen and oxygen atoms in total. The van der Waals surface area contributed by atoms with Crippen molar-refractivity contribution in [2.75, 3.05) is 20.8 Å². The summed E-state index contributed by atoms with van der Waals surface area (Å²) in [6.07, 6.45) is 4.61. The molecule has 0 heterocycles. The number of hydrogen-bond donors (Lipinski definition) is 1. The summed E-state index contributed by atoms with van der Waals surface area (Å²) in [6, 6.07) is 0.390. The largest absolute Gasteiger partial charge is 0.480 e. The van der Waals surface area contributed by atoms with E-state index < -0.39 is 11.5 Å². The van der Waals surface area contributed by atoms with E-state index in [1.807, 2.05) is 11.9 Å². The van der Waals surface area contributed by atoms with Crippen LogP contribution in [0.15, 0.2) is 0 Å². The standard InChI is InChI=1S/C11H21NO3/c1-11(8-15-3,10(13)14)12(2)9-6-4-5-7-9/h9H,4-8H2,1-3H3,(H,13,14). The van der Waals surface area contributed by atoms with Crippen LogP contribution >= 0.6 is 0 Å². The van der Waals surface area contributed by atoms with Gasteiger partial charge in [-0.2, -0.15) is 0 Å². The number of rotatable bonds is 5. The lowest BCUT2D eigenvalue weighted by molar-refractivity contribution is -0.155. The Labute approximate surface area is 91.2 Å². The van der Waals surface area contributed by atoms with Gasteiger partial charge >= 0.3 is 5.97 Å². The molecular formula is C11H21NO3. The van der Waals surface area contributed by atoms with E-state index in [0.29, 0.717) is 6.04 Å². The molecule has 0 spiro atoms. The number of hydrogen-bond acceptors (Lipinski definition) is 3. The Bertz CT molecular complexity index is 226. The Hall–Kier alpha value is -0.610. The molecule has 1 atom stereocenters. The highest BCUT2D eigenvalue weighted by Crippen LogP contribution is 2.28. The maximum absolute atomic E-state index is 11.3. The van der Waals surface area contributed by atoms with Crippen molar-refractivity contribution in [2.45, 2.75) is 44.2 Å².